The molecule has 18 heavy (non-hydrogen) atoms. The Morgan fingerprint density at radius 3 is 2.61 bits per heavy atom. The fourth-order valence-electron chi connectivity index (χ4n) is 2.17. The fourth-order valence-corrected chi connectivity index (χ4v) is 2.17. The number of piperazine rings is 1. The molecule has 0 saturated carbocycles. The number of hydrogen-bond acceptors (Lipinski definition) is 3. The summed E-state index contributed by atoms with van der Waals surface area (Å²) in [5.74, 6) is -0.151. The second-order valence-corrected chi connectivity index (χ2v) is 4.63. The zero-order chi connectivity index (χ0) is 13.1. The maximum absolute atomic E-state index is 13.1. The lowest BCUT2D eigenvalue weighted by Crippen LogP contribution is -2.47. The van der Waals surface area contributed by atoms with Crippen molar-refractivity contribution >= 4 is 11.6 Å². The molecule has 0 spiro atoms. The number of nitrogens with zero attached hydrogens (tertiary/aromatic N) is 2. The lowest BCUT2D eigenvalue weighted by atomic mass is 10.1. The quantitative estimate of drug-likeness (QED) is 0.800. The van der Waals surface area contributed by atoms with Gasteiger partial charge in [-0.25, -0.2) is 4.39 Å². The average molecular weight is 251 g/mol. The van der Waals surface area contributed by atoms with Gasteiger partial charge in [0.15, 0.2) is 0 Å². The zero-order valence-electron chi connectivity index (χ0n) is 10.5. The normalized spacial score (nSPS) is 16.9. The molecule has 1 fully saturated rings. The molecule has 4 nitrogen and oxygen atoms in total. The third-order valence-corrected chi connectivity index (χ3v) is 3.32. The molecule has 1 aliphatic heterocycles. The summed E-state index contributed by atoms with van der Waals surface area (Å²) >= 11 is 0. The maximum Gasteiger partial charge on any atom is 0.219 e. The van der Waals surface area contributed by atoms with Gasteiger partial charge in [0.1, 0.15) is 5.82 Å². The Bertz CT molecular complexity index is 442. The molecule has 1 amide bonds. The Morgan fingerprint density at radius 2 is 2.00 bits per heavy atom. The second-order valence-electron chi connectivity index (χ2n) is 4.63. The van der Waals surface area contributed by atoms with Gasteiger partial charge in [-0.1, -0.05) is 0 Å². The molecule has 1 aromatic carbocycles. The van der Waals surface area contributed by atoms with E-state index < -0.39 is 0 Å². The molecule has 2 rings (SSSR count). The molecule has 1 heterocycles. The molecule has 1 aromatic rings. The van der Waals surface area contributed by atoms with E-state index in [1.807, 2.05) is 4.90 Å². The molecular formula is C13H18FN3O. The van der Waals surface area contributed by atoms with E-state index in [2.05, 4.69) is 4.90 Å². The lowest BCUT2D eigenvalue weighted by molar-refractivity contribution is -0.130. The minimum Gasteiger partial charge on any atom is -0.398 e. The summed E-state index contributed by atoms with van der Waals surface area (Å²) in [4.78, 5) is 15.2. The van der Waals surface area contributed by atoms with Crippen molar-refractivity contribution in [2.24, 2.45) is 0 Å². The van der Waals surface area contributed by atoms with Gasteiger partial charge in [-0.3, -0.25) is 9.69 Å². The largest absolute Gasteiger partial charge is 0.398 e. The summed E-state index contributed by atoms with van der Waals surface area (Å²) in [5.41, 5.74) is 7.25. The molecule has 0 radical (unpaired) electrons. The van der Waals surface area contributed by atoms with Gasteiger partial charge in [0, 0.05) is 45.3 Å². The highest BCUT2D eigenvalue weighted by Gasteiger charge is 2.19. The van der Waals surface area contributed by atoms with E-state index in [1.165, 1.54) is 12.1 Å². The van der Waals surface area contributed by atoms with Gasteiger partial charge in [0.05, 0.1) is 0 Å². The van der Waals surface area contributed by atoms with Crippen molar-refractivity contribution in [3.05, 3.63) is 29.6 Å². The van der Waals surface area contributed by atoms with Crippen LogP contribution < -0.4 is 5.73 Å². The Labute approximate surface area is 106 Å². The summed E-state index contributed by atoms with van der Waals surface area (Å²) in [6.45, 7) is 5.27. The number of benzene rings is 1. The van der Waals surface area contributed by atoms with E-state index in [9.17, 15) is 9.18 Å². The number of amides is 1. The van der Waals surface area contributed by atoms with E-state index in [-0.39, 0.29) is 11.7 Å². The summed E-state index contributed by atoms with van der Waals surface area (Å²) in [6, 6.07) is 4.44. The molecule has 0 bridgehead atoms. The molecule has 0 unspecified atom stereocenters. The Morgan fingerprint density at radius 1 is 1.33 bits per heavy atom. The lowest BCUT2D eigenvalue weighted by Gasteiger charge is -2.34. The number of rotatable bonds is 2. The van der Waals surface area contributed by atoms with E-state index >= 15 is 0 Å². The monoisotopic (exact) mass is 251 g/mol. The van der Waals surface area contributed by atoms with E-state index in [4.69, 9.17) is 5.73 Å². The van der Waals surface area contributed by atoms with Crippen molar-refractivity contribution in [1.82, 2.24) is 9.80 Å². The fraction of sp³-hybridized carbons (Fsp3) is 0.462. The van der Waals surface area contributed by atoms with Crippen LogP contribution in [0.25, 0.3) is 0 Å². The molecule has 5 heteroatoms. The number of carbonyl (C=O) groups excluding carboxylic acids is 1. The van der Waals surface area contributed by atoms with Crippen LogP contribution in [0.3, 0.4) is 0 Å². The third-order valence-electron chi connectivity index (χ3n) is 3.32. The molecule has 1 aliphatic rings. The van der Waals surface area contributed by atoms with Crippen molar-refractivity contribution in [3.63, 3.8) is 0 Å². The van der Waals surface area contributed by atoms with Crippen molar-refractivity contribution in [1.29, 1.82) is 0 Å². The van der Waals surface area contributed by atoms with Crippen molar-refractivity contribution in [2.75, 3.05) is 31.9 Å². The van der Waals surface area contributed by atoms with Crippen LogP contribution in [0.4, 0.5) is 10.1 Å². The highest BCUT2D eigenvalue weighted by atomic mass is 19.1. The van der Waals surface area contributed by atoms with Crippen LogP contribution in [0.5, 0.6) is 0 Å². The van der Waals surface area contributed by atoms with Crippen LogP contribution >= 0.6 is 0 Å². The van der Waals surface area contributed by atoms with Crippen molar-refractivity contribution < 1.29 is 9.18 Å². The summed E-state index contributed by atoms with van der Waals surface area (Å²) in [7, 11) is 0. The minimum absolute atomic E-state index is 0.111. The number of halogens is 1. The first-order valence-corrected chi connectivity index (χ1v) is 6.08. The first-order valence-electron chi connectivity index (χ1n) is 6.08. The topological polar surface area (TPSA) is 49.6 Å². The van der Waals surface area contributed by atoms with Gasteiger partial charge in [-0.2, -0.15) is 0 Å². The average Bonchev–Trinajstić information content (AvgIpc) is 2.34. The Balaban J connectivity index is 1.95. The predicted molar refractivity (Wildman–Crippen MR) is 68.3 cm³/mol. The number of anilines is 1. The molecule has 98 valence electrons. The summed E-state index contributed by atoms with van der Waals surface area (Å²) < 4.78 is 13.1. The predicted octanol–water partition coefficient (Wildman–Crippen LogP) is 1.07. The van der Waals surface area contributed by atoms with Gasteiger partial charge in [0.25, 0.3) is 0 Å². The first kappa shape index (κ1) is 12.8. The SMILES string of the molecule is CC(=O)N1CCN(Cc2cc(F)ccc2N)CC1. The highest BCUT2D eigenvalue weighted by molar-refractivity contribution is 5.73. The Kier molecular flexibility index (Phi) is 3.81. The van der Waals surface area contributed by atoms with Crippen LogP contribution in [-0.2, 0) is 11.3 Å². The third kappa shape index (κ3) is 2.98. The van der Waals surface area contributed by atoms with Crippen LogP contribution in [0, 0.1) is 5.82 Å². The Hall–Kier alpha value is -1.62. The van der Waals surface area contributed by atoms with Crippen molar-refractivity contribution in [2.45, 2.75) is 13.5 Å². The van der Waals surface area contributed by atoms with Crippen LogP contribution in [0.15, 0.2) is 18.2 Å². The maximum atomic E-state index is 13.1. The van der Waals surface area contributed by atoms with Crippen LogP contribution in [0.1, 0.15) is 12.5 Å². The smallest absolute Gasteiger partial charge is 0.219 e. The molecule has 0 aliphatic carbocycles. The van der Waals surface area contributed by atoms with Gasteiger partial charge >= 0.3 is 0 Å². The van der Waals surface area contributed by atoms with E-state index in [0.29, 0.717) is 12.2 Å². The van der Waals surface area contributed by atoms with Crippen LogP contribution in [-0.4, -0.2) is 41.9 Å². The highest BCUT2D eigenvalue weighted by Crippen LogP contribution is 2.16. The molecule has 2 N–H and O–H groups in total. The van der Waals surface area contributed by atoms with E-state index in [1.54, 1.807) is 13.0 Å². The zero-order valence-corrected chi connectivity index (χ0v) is 10.5. The standard InChI is InChI=1S/C13H18FN3O/c1-10(18)17-6-4-16(5-7-17)9-11-8-12(14)2-3-13(11)15/h2-3,8H,4-7,9,15H2,1H3. The number of nitrogen functional groups attached to an aromatic ring is 1. The number of nitrogens with two attached hydrogens (primary N) is 1. The van der Waals surface area contributed by atoms with Gasteiger partial charge in [0.2, 0.25) is 5.91 Å². The first-order chi connectivity index (χ1) is 8.56. The molecule has 0 atom stereocenters. The van der Waals surface area contributed by atoms with E-state index in [0.717, 1.165) is 31.7 Å². The minimum atomic E-state index is -0.262. The van der Waals surface area contributed by atoms with Gasteiger partial charge < -0.3 is 10.6 Å². The molecular weight excluding hydrogens is 233 g/mol. The number of carbonyl (C=O) groups is 1. The van der Waals surface area contributed by atoms with Gasteiger partial charge in [-0.05, 0) is 23.8 Å². The number of hydrogen-bond donors (Lipinski definition) is 1. The molecule has 0 aromatic heterocycles. The van der Waals surface area contributed by atoms with Crippen molar-refractivity contribution in [3.8, 4) is 0 Å². The summed E-state index contributed by atoms with van der Waals surface area (Å²) in [5, 5.41) is 0. The van der Waals surface area contributed by atoms with Gasteiger partial charge in [-0.15, -0.1) is 0 Å². The summed E-state index contributed by atoms with van der Waals surface area (Å²) in [6.07, 6.45) is 0. The van der Waals surface area contributed by atoms with Crippen LogP contribution in [0.2, 0.25) is 0 Å². The molecule has 1 saturated heterocycles. The second kappa shape index (κ2) is 5.35.